The fourth-order valence-corrected chi connectivity index (χ4v) is 3.15. The van der Waals surface area contributed by atoms with Gasteiger partial charge in [-0.15, -0.1) is 0 Å². The molecule has 0 aliphatic carbocycles. The maximum atomic E-state index is 14.2. The minimum atomic E-state index is -1.53. The van der Waals surface area contributed by atoms with Crippen molar-refractivity contribution in [3.8, 4) is 0 Å². The lowest BCUT2D eigenvalue weighted by molar-refractivity contribution is -0.130. The molecule has 1 aliphatic heterocycles. The molecule has 0 aromatic heterocycles. The Morgan fingerprint density at radius 2 is 1.92 bits per heavy atom. The van der Waals surface area contributed by atoms with Gasteiger partial charge < -0.3 is 10.6 Å². The Morgan fingerprint density at radius 3 is 2.62 bits per heavy atom. The number of hydrogen-bond donors (Lipinski definition) is 2. The molecule has 2 unspecified atom stereocenters. The molecule has 136 valence electrons. The van der Waals surface area contributed by atoms with Crippen LogP contribution in [0.25, 0.3) is 0 Å². The van der Waals surface area contributed by atoms with Crippen LogP contribution in [0.3, 0.4) is 0 Å². The van der Waals surface area contributed by atoms with E-state index in [1.54, 1.807) is 30.3 Å². The smallest absolute Gasteiger partial charge is 0.237 e. The van der Waals surface area contributed by atoms with Crippen LogP contribution in [-0.4, -0.2) is 18.4 Å². The summed E-state index contributed by atoms with van der Waals surface area (Å²) in [6.45, 7) is 3.17. The van der Waals surface area contributed by atoms with Crippen molar-refractivity contribution in [1.82, 2.24) is 5.32 Å². The molecule has 0 bridgehead atoms. The molecule has 1 heterocycles. The Morgan fingerprint density at radius 1 is 1.19 bits per heavy atom. The summed E-state index contributed by atoms with van der Waals surface area (Å²) in [6.07, 6.45) is 0. The van der Waals surface area contributed by atoms with Crippen molar-refractivity contribution >= 4 is 17.5 Å². The summed E-state index contributed by atoms with van der Waals surface area (Å²) in [5.41, 5.74) is -0.339. The largest absolute Gasteiger partial charge is 0.355 e. The predicted molar refractivity (Wildman–Crippen MR) is 94.8 cm³/mol. The fourth-order valence-electron chi connectivity index (χ4n) is 3.15. The number of alkyl halides is 1. The van der Waals surface area contributed by atoms with Crippen LogP contribution in [-0.2, 0) is 15.3 Å². The molecule has 0 spiro atoms. The van der Waals surface area contributed by atoms with Crippen molar-refractivity contribution < 1.29 is 18.4 Å². The molecule has 4 nitrogen and oxygen atoms in total. The molecule has 26 heavy (non-hydrogen) atoms. The van der Waals surface area contributed by atoms with Crippen molar-refractivity contribution in [2.75, 3.05) is 11.9 Å². The zero-order valence-electron chi connectivity index (χ0n) is 14.6. The highest BCUT2D eigenvalue weighted by Gasteiger charge is 2.41. The summed E-state index contributed by atoms with van der Waals surface area (Å²) >= 11 is 0. The monoisotopic (exact) mass is 358 g/mol. The molecule has 3 rings (SSSR count). The van der Waals surface area contributed by atoms with Gasteiger partial charge in [0.25, 0.3) is 0 Å². The van der Waals surface area contributed by atoms with E-state index in [-0.39, 0.29) is 12.2 Å². The van der Waals surface area contributed by atoms with Gasteiger partial charge in [0.1, 0.15) is 17.4 Å². The molecule has 2 N–H and O–H groups in total. The fraction of sp³-hybridized carbons (Fsp3) is 0.300. The molecule has 2 amide bonds. The summed E-state index contributed by atoms with van der Waals surface area (Å²) < 4.78 is 28.0. The summed E-state index contributed by atoms with van der Waals surface area (Å²) in [5, 5.41) is 5.15. The number of halogens is 2. The molecular weight excluding hydrogens is 338 g/mol. The van der Waals surface area contributed by atoms with E-state index in [4.69, 9.17) is 0 Å². The summed E-state index contributed by atoms with van der Waals surface area (Å²) in [7, 11) is 0. The molecule has 0 saturated carbocycles. The first-order valence-corrected chi connectivity index (χ1v) is 8.40. The minimum Gasteiger partial charge on any atom is -0.355 e. The van der Waals surface area contributed by atoms with Gasteiger partial charge in [0.05, 0.1) is 5.69 Å². The number of anilines is 1. The van der Waals surface area contributed by atoms with Gasteiger partial charge in [0.15, 0.2) is 0 Å². The number of rotatable bonds is 4. The molecule has 2 atom stereocenters. The molecular formula is C20H20F2N2O2. The normalized spacial score (nSPS) is 19.9. The van der Waals surface area contributed by atoms with Crippen molar-refractivity contribution in [3.05, 3.63) is 65.5 Å². The quantitative estimate of drug-likeness (QED) is 0.822. The van der Waals surface area contributed by atoms with Crippen molar-refractivity contribution in [2.24, 2.45) is 5.92 Å². The van der Waals surface area contributed by atoms with Crippen LogP contribution in [0, 0.1) is 11.7 Å². The van der Waals surface area contributed by atoms with Gasteiger partial charge in [0, 0.05) is 12.5 Å². The second-order valence-electron chi connectivity index (χ2n) is 6.90. The van der Waals surface area contributed by atoms with Crippen molar-refractivity contribution in [2.45, 2.75) is 25.4 Å². The Balaban J connectivity index is 1.87. The maximum absolute atomic E-state index is 14.2. The van der Waals surface area contributed by atoms with Crippen LogP contribution >= 0.6 is 0 Å². The zero-order valence-corrected chi connectivity index (χ0v) is 14.6. The van der Waals surface area contributed by atoms with Crippen LogP contribution in [0.5, 0.6) is 0 Å². The average molecular weight is 358 g/mol. The number of nitrogens with one attached hydrogen (secondary N) is 2. The molecule has 6 heteroatoms. The number of amides is 2. The van der Waals surface area contributed by atoms with Crippen molar-refractivity contribution in [1.29, 1.82) is 0 Å². The first-order valence-electron chi connectivity index (χ1n) is 8.40. The third-order valence-corrected chi connectivity index (χ3v) is 4.60. The Hall–Kier alpha value is -2.76. The third kappa shape index (κ3) is 3.59. The first-order chi connectivity index (χ1) is 12.3. The summed E-state index contributed by atoms with van der Waals surface area (Å²) in [6, 6.07) is 12.6. The van der Waals surface area contributed by atoms with Gasteiger partial charge in [-0.05, 0) is 37.1 Å². The highest BCUT2D eigenvalue weighted by molar-refractivity contribution is 6.08. The first kappa shape index (κ1) is 18.0. The van der Waals surface area contributed by atoms with Crippen LogP contribution in [0.2, 0.25) is 0 Å². The second kappa shape index (κ2) is 6.86. The van der Waals surface area contributed by atoms with E-state index in [2.05, 4.69) is 10.6 Å². The molecule has 2 aromatic carbocycles. The van der Waals surface area contributed by atoms with Gasteiger partial charge in [-0.3, -0.25) is 9.59 Å². The van der Waals surface area contributed by atoms with Gasteiger partial charge in [-0.2, -0.15) is 0 Å². The van der Waals surface area contributed by atoms with E-state index in [0.717, 1.165) is 0 Å². The SMILES string of the molecule is CC(C)(F)c1cccc(C2CNC(=O)C2C(=O)Nc2ccccc2F)c1. The number of hydrogen-bond acceptors (Lipinski definition) is 2. The Labute approximate surface area is 150 Å². The van der Waals surface area contributed by atoms with E-state index >= 15 is 0 Å². The number of carbonyl (C=O) groups is 2. The average Bonchev–Trinajstić information content (AvgIpc) is 2.98. The van der Waals surface area contributed by atoms with E-state index in [1.807, 2.05) is 0 Å². The minimum absolute atomic E-state index is 0.0228. The van der Waals surface area contributed by atoms with E-state index in [1.165, 1.54) is 32.0 Å². The predicted octanol–water partition coefficient (Wildman–Crippen LogP) is 3.50. The van der Waals surface area contributed by atoms with Crippen LogP contribution in [0.4, 0.5) is 14.5 Å². The van der Waals surface area contributed by atoms with Gasteiger partial charge in [-0.1, -0.05) is 36.4 Å². The lowest BCUT2D eigenvalue weighted by atomic mass is 9.85. The lowest BCUT2D eigenvalue weighted by Crippen LogP contribution is -2.32. The lowest BCUT2D eigenvalue weighted by Gasteiger charge is -2.20. The Bertz CT molecular complexity index is 846. The number of carbonyl (C=O) groups excluding carboxylic acids is 2. The highest BCUT2D eigenvalue weighted by Crippen LogP contribution is 2.33. The van der Waals surface area contributed by atoms with Gasteiger partial charge in [0.2, 0.25) is 11.8 Å². The second-order valence-corrected chi connectivity index (χ2v) is 6.90. The molecule has 1 saturated heterocycles. The van der Waals surface area contributed by atoms with Crippen LogP contribution in [0.1, 0.15) is 30.9 Å². The highest BCUT2D eigenvalue weighted by atomic mass is 19.1. The molecule has 1 fully saturated rings. The van der Waals surface area contributed by atoms with Gasteiger partial charge in [-0.25, -0.2) is 8.78 Å². The summed E-state index contributed by atoms with van der Waals surface area (Å²) in [5.74, 6) is -3.03. The third-order valence-electron chi connectivity index (χ3n) is 4.60. The van der Waals surface area contributed by atoms with E-state index in [9.17, 15) is 18.4 Å². The van der Waals surface area contributed by atoms with Crippen LogP contribution in [0.15, 0.2) is 48.5 Å². The Kier molecular flexibility index (Phi) is 4.76. The molecule has 1 aliphatic rings. The standard InChI is InChI=1S/C20H20F2N2O2/c1-20(2,22)13-7-5-6-12(10-13)14-11-23-18(25)17(14)19(26)24-16-9-4-3-8-15(16)21/h3-10,14,17H,11H2,1-2H3,(H,23,25)(H,24,26). The zero-order chi connectivity index (χ0) is 18.9. The maximum Gasteiger partial charge on any atom is 0.237 e. The van der Waals surface area contributed by atoms with Crippen molar-refractivity contribution in [3.63, 3.8) is 0 Å². The topological polar surface area (TPSA) is 58.2 Å². The van der Waals surface area contributed by atoms with E-state index in [0.29, 0.717) is 11.1 Å². The van der Waals surface area contributed by atoms with Gasteiger partial charge >= 0.3 is 0 Å². The number of benzene rings is 2. The molecule has 2 aromatic rings. The summed E-state index contributed by atoms with van der Waals surface area (Å²) in [4.78, 5) is 24.8. The van der Waals surface area contributed by atoms with Crippen LogP contribution < -0.4 is 10.6 Å². The number of para-hydroxylation sites is 1. The molecule has 0 radical (unpaired) electrons. The van der Waals surface area contributed by atoms with E-state index < -0.39 is 35.1 Å².